The summed E-state index contributed by atoms with van der Waals surface area (Å²) in [7, 11) is 0. The van der Waals surface area contributed by atoms with Crippen LogP contribution in [0.25, 0.3) is 0 Å². The third-order valence-corrected chi connectivity index (χ3v) is 1.77. The Bertz CT molecular complexity index is 153. The SMILES string of the molecule is CC(Cl)CC(C)COCCC(=O)O.[NaH]. The normalized spacial score (nSPS) is 14.2. The standard InChI is InChI=1S/C9H17ClO3.Na.H/c1-7(5-8(2)10)6-13-4-3-9(11)12;;/h7-8H,3-6H2,1-2H3,(H,11,12);;. The second-order valence-electron chi connectivity index (χ2n) is 3.34. The molecule has 0 aliphatic carbocycles. The van der Waals surface area contributed by atoms with E-state index in [1.165, 1.54) is 0 Å². The van der Waals surface area contributed by atoms with Crippen LogP contribution >= 0.6 is 11.6 Å². The van der Waals surface area contributed by atoms with Gasteiger partial charge in [-0.05, 0) is 19.3 Å². The first kappa shape index (κ1) is 17.1. The summed E-state index contributed by atoms with van der Waals surface area (Å²) in [4.78, 5) is 10.1. The maximum atomic E-state index is 10.1. The van der Waals surface area contributed by atoms with Gasteiger partial charge in [0, 0.05) is 12.0 Å². The van der Waals surface area contributed by atoms with Crippen LogP contribution in [-0.4, -0.2) is 59.2 Å². The Balaban J connectivity index is 0. The zero-order valence-corrected chi connectivity index (χ0v) is 8.88. The van der Waals surface area contributed by atoms with Crippen LogP contribution in [-0.2, 0) is 9.53 Å². The summed E-state index contributed by atoms with van der Waals surface area (Å²) in [6.07, 6.45) is 0.970. The predicted molar refractivity (Wildman–Crippen MR) is 59.3 cm³/mol. The molecule has 0 heterocycles. The molecule has 2 atom stereocenters. The molecule has 0 spiro atoms. The molecule has 0 bridgehead atoms. The van der Waals surface area contributed by atoms with Gasteiger partial charge in [0.1, 0.15) is 0 Å². The van der Waals surface area contributed by atoms with E-state index in [0.29, 0.717) is 12.5 Å². The van der Waals surface area contributed by atoms with Gasteiger partial charge in [-0.3, -0.25) is 4.79 Å². The average Bonchev–Trinajstić information content (AvgIpc) is 1.96. The van der Waals surface area contributed by atoms with Crippen molar-refractivity contribution in [1.82, 2.24) is 0 Å². The minimum absolute atomic E-state index is 0. The van der Waals surface area contributed by atoms with Crippen molar-refractivity contribution < 1.29 is 14.6 Å². The van der Waals surface area contributed by atoms with Gasteiger partial charge in [0.2, 0.25) is 0 Å². The Morgan fingerprint density at radius 2 is 2.07 bits per heavy atom. The molecule has 0 amide bonds. The van der Waals surface area contributed by atoms with Gasteiger partial charge < -0.3 is 9.84 Å². The predicted octanol–water partition coefficient (Wildman–Crippen LogP) is 1.48. The van der Waals surface area contributed by atoms with Gasteiger partial charge in [-0.15, -0.1) is 11.6 Å². The molecule has 5 heteroatoms. The van der Waals surface area contributed by atoms with E-state index in [1.807, 2.05) is 13.8 Å². The van der Waals surface area contributed by atoms with E-state index >= 15 is 0 Å². The number of hydrogen-bond acceptors (Lipinski definition) is 2. The molecule has 2 unspecified atom stereocenters. The van der Waals surface area contributed by atoms with E-state index in [4.69, 9.17) is 21.4 Å². The number of carboxylic acids is 1. The quantitative estimate of drug-likeness (QED) is 0.411. The first-order chi connectivity index (χ1) is 6.02. The van der Waals surface area contributed by atoms with Crippen LogP contribution in [0.2, 0.25) is 0 Å². The molecule has 0 radical (unpaired) electrons. The first-order valence-electron chi connectivity index (χ1n) is 4.46. The van der Waals surface area contributed by atoms with Gasteiger partial charge in [-0.1, -0.05) is 6.92 Å². The summed E-state index contributed by atoms with van der Waals surface area (Å²) in [5, 5.41) is 8.47. The molecule has 1 N–H and O–H groups in total. The Hall–Kier alpha value is 0.720. The number of halogens is 1. The summed E-state index contributed by atoms with van der Waals surface area (Å²) < 4.78 is 5.17. The van der Waals surface area contributed by atoms with Crippen molar-refractivity contribution in [3.63, 3.8) is 0 Å². The zero-order chi connectivity index (χ0) is 10.3. The summed E-state index contributed by atoms with van der Waals surface area (Å²) >= 11 is 5.79. The van der Waals surface area contributed by atoms with E-state index in [0.717, 1.165) is 6.42 Å². The summed E-state index contributed by atoms with van der Waals surface area (Å²) in [6.45, 7) is 4.86. The maximum absolute atomic E-state index is 10.1. The van der Waals surface area contributed by atoms with Gasteiger partial charge in [0.25, 0.3) is 0 Å². The zero-order valence-electron chi connectivity index (χ0n) is 8.12. The minimum atomic E-state index is -0.821. The third kappa shape index (κ3) is 12.7. The molecule has 3 nitrogen and oxygen atoms in total. The topological polar surface area (TPSA) is 46.5 Å². The van der Waals surface area contributed by atoms with Crippen molar-refractivity contribution in [2.45, 2.75) is 32.1 Å². The van der Waals surface area contributed by atoms with Crippen molar-refractivity contribution >= 4 is 47.1 Å². The number of ether oxygens (including phenoxy) is 1. The number of carboxylic acid groups (broad SMARTS) is 1. The molecule has 0 saturated carbocycles. The second kappa shape index (κ2) is 10.2. The Morgan fingerprint density at radius 1 is 1.50 bits per heavy atom. The van der Waals surface area contributed by atoms with Crippen molar-refractivity contribution in [1.29, 1.82) is 0 Å². The molecule has 0 saturated heterocycles. The van der Waals surface area contributed by atoms with E-state index in [-0.39, 0.29) is 48.0 Å². The van der Waals surface area contributed by atoms with Crippen LogP contribution in [0.3, 0.4) is 0 Å². The molecule has 0 aliphatic rings. The number of alkyl halides is 1. The molecule has 0 aromatic heterocycles. The fourth-order valence-electron chi connectivity index (χ4n) is 1.07. The van der Waals surface area contributed by atoms with Crippen molar-refractivity contribution in [3.05, 3.63) is 0 Å². The fraction of sp³-hybridized carbons (Fsp3) is 0.889. The van der Waals surface area contributed by atoms with E-state index in [1.54, 1.807) is 0 Å². The molecule has 0 rings (SSSR count). The summed E-state index contributed by atoms with van der Waals surface area (Å²) in [6, 6.07) is 0. The summed E-state index contributed by atoms with van der Waals surface area (Å²) in [5.41, 5.74) is 0. The average molecular weight is 233 g/mol. The van der Waals surface area contributed by atoms with Gasteiger partial charge in [-0.2, -0.15) is 0 Å². The van der Waals surface area contributed by atoms with Crippen LogP contribution in [0, 0.1) is 5.92 Å². The van der Waals surface area contributed by atoms with Gasteiger partial charge in [0.15, 0.2) is 0 Å². The number of aliphatic carboxylic acids is 1. The van der Waals surface area contributed by atoms with Crippen molar-refractivity contribution in [3.8, 4) is 0 Å². The fourth-order valence-corrected chi connectivity index (χ4v) is 1.37. The van der Waals surface area contributed by atoms with Crippen LogP contribution < -0.4 is 0 Å². The Morgan fingerprint density at radius 3 is 2.50 bits per heavy atom. The number of rotatable bonds is 7. The van der Waals surface area contributed by atoms with Crippen LogP contribution in [0.15, 0.2) is 0 Å². The molecule has 14 heavy (non-hydrogen) atoms. The Labute approximate surface area is 112 Å². The monoisotopic (exact) mass is 232 g/mol. The molecule has 0 fully saturated rings. The van der Waals surface area contributed by atoms with Crippen molar-refractivity contribution in [2.24, 2.45) is 5.92 Å². The van der Waals surface area contributed by atoms with Gasteiger partial charge in [-0.25, -0.2) is 0 Å². The molecule has 0 aromatic carbocycles. The molecule has 0 aromatic rings. The second-order valence-corrected chi connectivity index (χ2v) is 4.09. The Kier molecular flexibility index (Phi) is 12.5. The third-order valence-electron chi connectivity index (χ3n) is 1.59. The number of hydrogen-bond donors (Lipinski definition) is 1. The molecular formula is C9H18ClNaO3. The van der Waals surface area contributed by atoms with E-state index in [2.05, 4.69) is 0 Å². The van der Waals surface area contributed by atoms with Crippen LogP contribution in [0.4, 0.5) is 0 Å². The van der Waals surface area contributed by atoms with E-state index < -0.39 is 5.97 Å². The first-order valence-corrected chi connectivity index (χ1v) is 4.89. The molecule has 80 valence electrons. The van der Waals surface area contributed by atoms with Crippen molar-refractivity contribution in [2.75, 3.05) is 13.2 Å². The van der Waals surface area contributed by atoms with Gasteiger partial charge in [0.05, 0.1) is 13.0 Å². The van der Waals surface area contributed by atoms with E-state index in [9.17, 15) is 4.79 Å². The van der Waals surface area contributed by atoms with Crippen LogP contribution in [0.1, 0.15) is 26.7 Å². The number of carbonyl (C=O) groups is 1. The molecular weight excluding hydrogens is 215 g/mol. The summed E-state index contributed by atoms with van der Waals surface area (Å²) in [5.74, 6) is -0.431. The molecule has 0 aliphatic heterocycles. The van der Waals surface area contributed by atoms with Gasteiger partial charge >= 0.3 is 35.5 Å². The van der Waals surface area contributed by atoms with Crippen LogP contribution in [0.5, 0.6) is 0 Å².